The second kappa shape index (κ2) is 10.9. The number of thioether (sulfide) groups is 1. The Kier molecular flexibility index (Phi) is 7.74. The van der Waals surface area contributed by atoms with Crippen molar-refractivity contribution in [3.63, 3.8) is 0 Å². The number of amides is 3. The Morgan fingerprint density at radius 1 is 1.03 bits per heavy atom. The molecule has 1 spiro atoms. The number of fused-ring (bicyclic) bond motifs is 2. The molecule has 0 aliphatic carbocycles. The molecule has 1 unspecified atom stereocenters. The van der Waals surface area contributed by atoms with Crippen molar-refractivity contribution in [2.45, 2.75) is 62.2 Å². The van der Waals surface area contributed by atoms with Crippen molar-refractivity contribution < 1.29 is 19.5 Å². The third-order valence-corrected chi connectivity index (χ3v) is 10.6. The Bertz CT molecular complexity index is 1120. The van der Waals surface area contributed by atoms with E-state index in [0.717, 1.165) is 18.4 Å². The zero-order chi connectivity index (χ0) is 27.0. The van der Waals surface area contributed by atoms with Crippen LogP contribution in [0.5, 0.6) is 0 Å². The second-order valence-electron chi connectivity index (χ2n) is 11.0. The molecular formula is C30H39N3O4S. The fraction of sp³-hybridized carbons (Fsp3) is 0.567. The molecule has 5 rings (SSSR count). The van der Waals surface area contributed by atoms with Crippen molar-refractivity contribution >= 4 is 29.5 Å². The van der Waals surface area contributed by atoms with Gasteiger partial charge in [0, 0.05) is 31.4 Å². The first kappa shape index (κ1) is 27.0. The fourth-order valence-corrected chi connectivity index (χ4v) is 8.76. The van der Waals surface area contributed by atoms with E-state index in [-0.39, 0.29) is 35.5 Å². The van der Waals surface area contributed by atoms with Crippen LogP contribution in [0.1, 0.15) is 39.2 Å². The van der Waals surface area contributed by atoms with Gasteiger partial charge >= 0.3 is 0 Å². The molecule has 4 aliphatic rings. The Balaban J connectivity index is 1.60. The SMILES string of the molecule is CCCN1CC=C[C@H]2S[C@]34C=CCN(Cc5ccccc5)C(=O)C3N([C@@H](CO)[C@@H](C)CC)C(=O)[C@@H]4[C@H]2C1=O. The summed E-state index contributed by atoms with van der Waals surface area (Å²) in [6.45, 7) is 7.96. The first-order chi connectivity index (χ1) is 18.4. The smallest absolute Gasteiger partial charge is 0.247 e. The van der Waals surface area contributed by atoms with Crippen LogP contribution in [0, 0.1) is 17.8 Å². The summed E-state index contributed by atoms with van der Waals surface area (Å²) in [6, 6.07) is 8.61. The summed E-state index contributed by atoms with van der Waals surface area (Å²) in [5.41, 5.74) is 1.02. The Hall–Kier alpha value is -2.58. The molecule has 7 atom stereocenters. The normalized spacial score (nSPS) is 32.1. The van der Waals surface area contributed by atoms with E-state index in [1.807, 2.05) is 66.1 Å². The molecule has 7 nitrogen and oxygen atoms in total. The van der Waals surface area contributed by atoms with Crippen LogP contribution in [-0.4, -0.2) is 85.8 Å². The molecule has 0 aromatic heterocycles. The van der Waals surface area contributed by atoms with Crippen LogP contribution >= 0.6 is 11.8 Å². The van der Waals surface area contributed by atoms with Gasteiger partial charge in [-0.2, -0.15) is 0 Å². The lowest BCUT2D eigenvalue weighted by Crippen LogP contribution is -2.57. The van der Waals surface area contributed by atoms with E-state index in [2.05, 4.69) is 19.1 Å². The standard InChI is InChI=1S/C30H39N3O4S/c1-4-15-31-16-9-13-23-24(27(31)35)25-28(36)33(22(19-34)20(3)5-2)26-29(37)32(17-10-14-30(25,26)38-23)18-21-11-7-6-8-12-21/h6-14,20,22-26,34H,4-5,15-19H2,1-3H3/t20-,22-,23+,24-,25-,26?,30-/m0/s1. The molecule has 8 heteroatoms. The van der Waals surface area contributed by atoms with Crippen LogP contribution in [0.3, 0.4) is 0 Å². The molecule has 2 fully saturated rings. The van der Waals surface area contributed by atoms with E-state index in [9.17, 15) is 19.5 Å². The van der Waals surface area contributed by atoms with E-state index in [0.29, 0.717) is 26.2 Å². The quantitative estimate of drug-likeness (QED) is 0.516. The summed E-state index contributed by atoms with van der Waals surface area (Å²) in [4.78, 5) is 48.2. The number of nitrogens with zero attached hydrogens (tertiary/aromatic N) is 3. The van der Waals surface area contributed by atoms with Gasteiger partial charge in [0.25, 0.3) is 0 Å². The third kappa shape index (κ3) is 4.30. The van der Waals surface area contributed by atoms with E-state index in [4.69, 9.17) is 0 Å². The van der Waals surface area contributed by atoms with Gasteiger partial charge in [-0.1, -0.05) is 81.8 Å². The molecule has 3 amide bonds. The topological polar surface area (TPSA) is 81.2 Å². The van der Waals surface area contributed by atoms with Crippen LogP contribution in [0.4, 0.5) is 0 Å². The monoisotopic (exact) mass is 537 g/mol. The molecule has 0 saturated carbocycles. The van der Waals surface area contributed by atoms with Gasteiger partial charge in [0.1, 0.15) is 6.04 Å². The number of benzene rings is 1. The highest BCUT2D eigenvalue weighted by Crippen LogP contribution is 2.61. The molecule has 0 bridgehead atoms. The minimum atomic E-state index is -0.856. The fourth-order valence-electron chi connectivity index (χ4n) is 6.76. The highest BCUT2D eigenvalue weighted by molar-refractivity contribution is 8.02. The van der Waals surface area contributed by atoms with Crippen molar-refractivity contribution in [3.05, 3.63) is 60.2 Å². The highest BCUT2D eigenvalue weighted by atomic mass is 32.2. The summed E-state index contributed by atoms with van der Waals surface area (Å²) >= 11 is 1.60. The summed E-state index contributed by atoms with van der Waals surface area (Å²) in [5, 5.41) is 10.4. The van der Waals surface area contributed by atoms with Gasteiger partial charge in [0.15, 0.2) is 0 Å². The van der Waals surface area contributed by atoms with E-state index < -0.39 is 28.7 Å². The van der Waals surface area contributed by atoms with E-state index in [1.54, 1.807) is 16.7 Å². The van der Waals surface area contributed by atoms with Crippen LogP contribution < -0.4 is 0 Å². The van der Waals surface area contributed by atoms with Gasteiger partial charge in [-0.05, 0) is 17.9 Å². The predicted octanol–water partition coefficient (Wildman–Crippen LogP) is 3.10. The first-order valence-electron chi connectivity index (χ1n) is 13.9. The zero-order valence-electron chi connectivity index (χ0n) is 22.5. The van der Waals surface area contributed by atoms with Gasteiger partial charge < -0.3 is 19.8 Å². The summed E-state index contributed by atoms with van der Waals surface area (Å²) in [7, 11) is 0. The average Bonchev–Trinajstić information content (AvgIpc) is 3.25. The predicted molar refractivity (Wildman–Crippen MR) is 149 cm³/mol. The van der Waals surface area contributed by atoms with Gasteiger partial charge in [-0.3, -0.25) is 14.4 Å². The molecule has 1 aromatic carbocycles. The van der Waals surface area contributed by atoms with Crippen molar-refractivity contribution in [3.8, 4) is 0 Å². The molecule has 0 radical (unpaired) electrons. The lowest BCUT2D eigenvalue weighted by molar-refractivity contribution is -0.148. The number of hydrogen-bond donors (Lipinski definition) is 1. The number of carbonyl (C=O) groups is 3. The lowest BCUT2D eigenvalue weighted by atomic mass is 9.78. The number of rotatable bonds is 8. The molecule has 2 saturated heterocycles. The maximum Gasteiger partial charge on any atom is 0.247 e. The lowest BCUT2D eigenvalue weighted by Gasteiger charge is -2.40. The molecule has 204 valence electrons. The van der Waals surface area contributed by atoms with Gasteiger partial charge in [-0.25, -0.2) is 0 Å². The maximum absolute atomic E-state index is 14.5. The third-order valence-electron chi connectivity index (χ3n) is 8.82. The minimum absolute atomic E-state index is 0.000464. The van der Waals surface area contributed by atoms with Crippen LogP contribution in [0.15, 0.2) is 54.6 Å². The maximum atomic E-state index is 14.5. The van der Waals surface area contributed by atoms with Crippen molar-refractivity contribution in [2.24, 2.45) is 17.8 Å². The summed E-state index contributed by atoms with van der Waals surface area (Å²) in [6.07, 6.45) is 9.79. The average molecular weight is 538 g/mol. The van der Waals surface area contributed by atoms with Crippen LogP contribution in [-0.2, 0) is 20.9 Å². The largest absolute Gasteiger partial charge is 0.394 e. The molecule has 4 heterocycles. The zero-order valence-corrected chi connectivity index (χ0v) is 23.3. The molecular weight excluding hydrogens is 498 g/mol. The molecule has 1 N–H and O–H groups in total. The van der Waals surface area contributed by atoms with Crippen molar-refractivity contribution in [1.82, 2.24) is 14.7 Å². The number of hydrogen-bond acceptors (Lipinski definition) is 5. The Labute approximate surface area is 229 Å². The molecule has 1 aromatic rings. The molecule has 38 heavy (non-hydrogen) atoms. The van der Waals surface area contributed by atoms with Gasteiger partial charge in [0.2, 0.25) is 17.7 Å². The van der Waals surface area contributed by atoms with Gasteiger partial charge in [0.05, 0.1) is 29.2 Å². The van der Waals surface area contributed by atoms with E-state index in [1.165, 1.54) is 0 Å². The number of aliphatic hydroxyl groups is 1. The highest BCUT2D eigenvalue weighted by Gasteiger charge is 2.71. The first-order valence-corrected chi connectivity index (χ1v) is 14.8. The number of aliphatic hydroxyl groups excluding tert-OH is 1. The van der Waals surface area contributed by atoms with Crippen LogP contribution in [0.2, 0.25) is 0 Å². The summed E-state index contributed by atoms with van der Waals surface area (Å²) in [5.74, 6) is -1.45. The van der Waals surface area contributed by atoms with Gasteiger partial charge in [-0.15, -0.1) is 11.8 Å². The van der Waals surface area contributed by atoms with Crippen LogP contribution in [0.25, 0.3) is 0 Å². The second-order valence-corrected chi connectivity index (χ2v) is 12.5. The van der Waals surface area contributed by atoms with Crippen molar-refractivity contribution in [1.29, 1.82) is 0 Å². The van der Waals surface area contributed by atoms with Crippen molar-refractivity contribution in [2.75, 3.05) is 26.2 Å². The Morgan fingerprint density at radius 2 is 1.76 bits per heavy atom. The molecule has 4 aliphatic heterocycles. The van der Waals surface area contributed by atoms with E-state index >= 15 is 0 Å². The summed E-state index contributed by atoms with van der Waals surface area (Å²) < 4.78 is -0.856. The Morgan fingerprint density at radius 3 is 2.45 bits per heavy atom. The number of likely N-dealkylation sites (tertiary alicyclic amines) is 1. The minimum Gasteiger partial charge on any atom is -0.394 e. The number of carbonyl (C=O) groups excluding carboxylic acids is 3.